The van der Waals surface area contributed by atoms with Crippen LogP contribution in [0, 0.1) is 0 Å². The number of sulfonamides is 1. The third-order valence-corrected chi connectivity index (χ3v) is 5.19. The van der Waals surface area contributed by atoms with Gasteiger partial charge in [-0.1, -0.05) is 6.07 Å². The maximum Gasteiger partial charge on any atom is 0.282 e. The maximum atomic E-state index is 12.5. The molecule has 2 aromatic rings. The van der Waals surface area contributed by atoms with Crippen molar-refractivity contribution in [2.45, 2.75) is 31.3 Å². The highest BCUT2D eigenvalue weighted by atomic mass is 32.2. The molecule has 2 aromatic carbocycles. The van der Waals surface area contributed by atoms with Gasteiger partial charge in [0.1, 0.15) is 12.3 Å². The van der Waals surface area contributed by atoms with E-state index in [1.807, 2.05) is 45.2 Å². The van der Waals surface area contributed by atoms with Crippen molar-refractivity contribution in [3.63, 3.8) is 0 Å². The highest BCUT2D eigenvalue weighted by Gasteiger charge is 2.22. The van der Waals surface area contributed by atoms with E-state index < -0.39 is 10.0 Å². The fourth-order valence-corrected chi connectivity index (χ4v) is 3.13. The molecule has 0 saturated heterocycles. The maximum absolute atomic E-state index is 12.5. The highest BCUT2D eigenvalue weighted by molar-refractivity contribution is 7.89. The second-order valence-corrected chi connectivity index (χ2v) is 7.95. The molecule has 27 heavy (non-hydrogen) atoms. The summed E-state index contributed by atoms with van der Waals surface area (Å²) in [6.07, 6.45) is 0. The molecule has 8 heteroatoms. The number of carbonyl (C=O) groups is 1. The van der Waals surface area contributed by atoms with Crippen LogP contribution in [0.1, 0.15) is 19.4 Å². The van der Waals surface area contributed by atoms with Gasteiger partial charge in [-0.3, -0.25) is 4.79 Å². The molecule has 1 unspecified atom stereocenters. The zero-order chi connectivity index (χ0) is 20.0. The van der Waals surface area contributed by atoms with Crippen molar-refractivity contribution < 1.29 is 22.8 Å². The van der Waals surface area contributed by atoms with Crippen molar-refractivity contribution in [1.29, 1.82) is 0 Å². The molecule has 2 atom stereocenters. The number of ether oxygens (including phenoxy) is 1. The molecule has 0 spiro atoms. The van der Waals surface area contributed by atoms with Gasteiger partial charge in [-0.05, 0) is 56.3 Å². The van der Waals surface area contributed by atoms with Crippen LogP contribution in [-0.2, 0) is 21.4 Å². The third-order valence-electron chi connectivity index (χ3n) is 4.28. The first-order chi connectivity index (χ1) is 12.7. The number of amides is 1. The van der Waals surface area contributed by atoms with Crippen LogP contribution < -0.4 is 20.1 Å². The van der Waals surface area contributed by atoms with Crippen molar-refractivity contribution in [2.75, 3.05) is 19.0 Å². The lowest BCUT2D eigenvalue weighted by Gasteiger charge is -2.21. The van der Waals surface area contributed by atoms with E-state index in [2.05, 4.69) is 5.32 Å². The van der Waals surface area contributed by atoms with E-state index in [0.717, 1.165) is 16.2 Å². The van der Waals surface area contributed by atoms with Crippen LogP contribution in [0.5, 0.6) is 5.75 Å². The minimum Gasteiger partial charge on any atom is -0.494 e. The Bertz CT molecular complexity index is 882. The van der Waals surface area contributed by atoms with Gasteiger partial charge in [0.15, 0.2) is 6.04 Å². The number of quaternary nitrogens is 1. The van der Waals surface area contributed by atoms with Gasteiger partial charge in [0.25, 0.3) is 5.91 Å². The fourth-order valence-electron chi connectivity index (χ4n) is 2.57. The molecule has 0 heterocycles. The Morgan fingerprint density at radius 1 is 1.22 bits per heavy atom. The van der Waals surface area contributed by atoms with E-state index in [0.29, 0.717) is 18.8 Å². The molecule has 146 valence electrons. The van der Waals surface area contributed by atoms with E-state index in [-0.39, 0.29) is 16.8 Å². The minimum atomic E-state index is -3.81. The van der Waals surface area contributed by atoms with Gasteiger partial charge < -0.3 is 15.0 Å². The molecule has 0 saturated carbocycles. The van der Waals surface area contributed by atoms with Gasteiger partial charge in [-0.2, -0.15) is 0 Å². The Labute approximate surface area is 160 Å². The van der Waals surface area contributed by atoms with Crippen LogP contribution in [0.25, 0.3) is 0 Å². The number of primary sulfonamides is 1. The molecule has 0 radical (unpaired) electrons. The summed E-state index contributed by atoms with van der Waals surface area (Å²) in [5, 5.41) is 7.87. The number of hydrogen-bond acceptors (Lipinski definition) is 4. The summed E-state index contributed by atoms with van der Waals surface area (Å²) in [5.74, 6) is 0.615. The van der Waals surface area contributed by atoms with Crippen LogP contribution in [0.15, 0.2) is 53.4 Å². The zero-order valence-electron chi connectivity index (χ0n) is 15.7. The summed E-state index contributed by atoms with van der Waals surface area (Å²) in [6.45, 7) is 5.04. The molecule has 0 bridgehead atoms. The van der Waals surface area contributed by atoms with Crippen molar-refractivity contribution >= 4 is 21.6 Å². The summed E-state index contributed by atoms with van der Waals surface area (Å²) in [4.78, 5) is 13.5. The van der Waals surface area contributed by atoms with Gasteiger partial charge in [-0.25, -0.2) is 13.6 Å². The molecule has 0 aliphatic carbocycles. The topological polar surface area (TPSA) is 103 Å². The number of anilines is 1. The van der Waals surface area contributed by atoms with Crippen LogP contribution in [0.2, 0.25) is 0 Å². The fraction of sp³-hybridized carbons (Fsp3) is 0.316. The molecule has 4 N–H and O–H groups in total. The highest BCUT2D eigenvalue weighted by Crippen LogP contribution is 2.14. The van der Waals surface area contributed by atoms with Crippen molar-refractivity contribution in [3.05, 3.63) is 54.1 Å². The summed E-state index contributed by atoms with van der Waals surface area (Å²) < 4.78 is 28.3. The normalized spacial score (nSPS) is 13.6. The second kappa shape index (κ2) is 8.98. The molecular formula is C19H26N3O4S+. The van der Waals surface area contributed by atoms with Crippen molar-refractivity contribution in [3.8, 4) is 5.75 Å². The quantitative estimate of drug-likeness (QED) is 0.617. The van der Waals surface area contributed by atoms with Gasteiger partial charge in [0.05, 0.1) is 18.6 Å². The Morgan fingerprint density at radius 3 is 2.48 bits per heavy atom. The second-order valence-electron chi connectivity index (χ2n) is 6.38. The standard InChI is InChI=1S/C19H25N3O4S/c1-4-26-17-10-8-15(9-11-17)13-22(3)14(2)19(23)21-16-6-5-7-18(12-16)27(20,24)25/h5-12,14H,4,13H2,1-3H3,(H,21,23)(H2,20,24,25)/p+1/t14-/m1/s1. The summed E-state index contributed by atoms with van der Waals surface area (Å²) in [5.41, 5.74) is 1.49. The molecule has 2 rings (SSSR count). The largest absolute Gasteiger partial charge is 0.494 e. The third kappa shape index (κ3) is 6.06. The molecule has 7 nitrogen and oxygen atoms in total. The number of nitrogens with one attached hydrogen (secondary N) is 2. The lowest BCUT2D eigenvalue weighted by atomic mass is 10.1. The van der Waals surface area contributed by atoms with E-state index in [4.69, 9.17) is 9.88 Å². The number of hydrogen-bond donors (Lipinski definition) is 3. The van der Waals surface area contributed by atoms with E-state index in [9.17, 15) is 13.2 Å². The predicted molar refractivity (Wildman–Crippen MR) is 104 cm³/mol. The van der Waals surface area contributed by atoms with Crippen molar-refractivity contribution in [2.24, 2.45) is 5.14 Å². The molecule has 0 fully saturated rings. The van der Waals surface area contributed by atoms with Crippen LogP contribution >= 0.6 is 0 Å². The average Bonchev–Trinajstić information content (AvgIpc) is 2.62. The smallest absolute Gasteiger partial charge is 0.282 e. The predicted octanol–water partition coefficient (Wildman–Crippen LogP) is 0.775. The Hall–Kier alpha value is -2.42. The van der Waals surface area contributed by atoms with Gasteiger partial charge >= 0.3 is 0 Å². The van der Waals surface area contributed by atoms with Gasteiger partial charge in [0, 0.05) is 11.3 Å². The monoisotopic (exact) mass is 392 g/mol. The Morgan fingerprint density at radius 2 is 1.89 bits per heavy atom. The number of rotatable bonds is 8. The minimum absolute atomic E-state index is 0.0388. The first-order valence-electron chi connectivity index (χ1n) is 8.68. The van der Waals surface area contributed by atoms with Crippen molar-refractivity contribution in [1.82, 2.24) is 0 Å². The summed E-state index contributed by atoms with van der Waals surface area (Å²) in [6, 6.07) is 13.3. The molecule has 1 amide bonds. The SMILES string of the molecule is CCOc1ccc(C[NH+](C)[C@H](C)C(=O)Nc2cccc(S(N)(=O)=O)c2)cc1. The lowest BCUT2D eigenvalue weighted by molar-refractivity contribution is -0.907. The summed E-state index contributed by atoms with van der Waals surface area (Å²) in [7, 11) is -1.88. The molecule has 0 aliphatic rings. The average molecular weight is 393 g/mol. The van der Waals surface area contributed by atoms with Gasteiger partial charge in [-0.15, -0.1) is 0 Å². The number of benzene rings is 2. The van der Waals surface area contributed by atoms with E-state index in [1.165, 1.54) is 18.2 Å². The van der Waals surface area contributed by atoms with Crippen LogP contribution in [-0.4, -0.2) is 34.0 Å². The molecule has 0 aromatic heterocycles. The number of carbonyl (C=O) groups excluding carboxylic acids is 1. The first-order valence-corrected chi connectivity index (χ1v) is 10.2. The molecule has 0 aliphatic heterocycles. The number of likely N-dealkylation sites (N-methyl/N-ethyl adjacent to an activating group) is 1. The number of nitrogens with two attached hydrogens (primary N) is 1. The first kappa shape index (κ1) is 20.9. The summed E-state index contributed by atoms with van der Waals surface area (Å²) >= 11 is 0. The lowest BCUT2D eigenvalue weighted by Crippen LogP contribution is -3.12. The van der Waals surface area contributed by atoms with E-state index >= 15 is 0 Å². The zero-order valence-corrected chi connectivity index (χ0v) is 16.5. The Balaban J connectivity index is 1.99. The van der Waals surface area contributed by atoms with Crippen LogP contribution in [0.4, 0.5) is 5.69 Å². The Kier molecular flexibility index (Phi) is 6.95. The van der Waals surface area contributed by atoms with Crippen LogP contribution in [0.3, 0.4) is 0 Å². The van der Waals surface area contributed by atoms with E-state index in [1.54, 1.807) is 6.07 Å². The molecular weight excluding hydrogens is 366 g/mol. The van der Waals surface area contributed by atoms with Gasteiger partial charge in [0.2, 0.25) is 10.0 Å².